The van der Waals surface area contributed by atoms with E-state index in [1.807, 2.05) is 31.3 Å². The molecule has 1 heterocycles. The van der Waals surface area contributed by atoms with Crippen LogP contribution in [0.25, 0.3) is 0 Å². The van der Waals surface area contributed by atoms with Crippen molar-refractivity contribution in [3.05, 3.63) is 63.1 Å². The Labute approximate surface area is 197 Å². The zero-order valence-corrected chi connectivity index (χ0v) is 19.3. The van der Waals surface area contributed by atoms with Crippen molar-refractivity contribution in [1.29, 1.82) is 0 Å². The SMILES string of the molecule is CN1Cc2c(Cl)cc(Cl)cc2C(c2cccc(NC(=O)NC(CO)(CO)CO)c2)C1.Cl. The predicted molar refractivity (Wildman–Crippen MR) is 124 cm³/mol. The number of rotatable bonds is 6. The van der Waals surface area contributed by atoms with Gasteiger partial charge in [-0.15, -0.1) is 12.4 Å². The van der Waals surface area contributed by atoms with Crippen molar-refractivity contribution in [3.8, 4) is 0 Å². The van der Waals surface area contributed by atoms with E-state index in [1.165, 1.54) is 0 Å². The van der Waals surface area contributed by atoms with Crippen molar-refractivity contribution in [3.63, 3.8) is 0 Å². The van der Waals surface area contributed by atoms with Crippen LogP contribution in [0.15, 0.2) is 36.4 Å². The maximum atomic E-state index is 12.3. The molecule has 0 saturated heterocycles. The van der Waals surface area contributed by atoms with Crippen molar-refractivity contribution >= 4 is 47.3 Å². The highest BCUT2D eigenvalue weighted by Crippen LogP contribution is 2.38. The monoisotopic (exact) mass is 489 g/mol. The van der Waals surface area contributed by atoms with Crippen molar-refractivity contribution in [2.24, 2.45) is 0 Å². The summed E-state index contributed by atoms with van der Waals surface area (Å²) in [6, 6.07) is 10.5. The normalized spacial score (nSPS) is 16.3. The molecule has 7 nitrogen and oxygen atoms in total. The largest absolute Gasteiger partial charge is 0.394 e. The minimum Gasteiger partial charge on any atom is -0.394 e. The number of hydrogen-bond acceptors (Lipinski definition) is 5. The van der Waals surface area contributed by atoms with Crippen LogP contribution in [0.4, 0.5) is 10.5 Å². The maximum Gasteiger partial charge on any atom is 0.319 e. The first kappa shape index (κ1) is 25.7. The fourth-order valence-electron chi connectivity index (χ4n) is 3.64. The van der Waals surface area contributed by atoms with Crippen LogP contribution in [0, 0.1) is 0 Å². The van der Waals surface area contributed by atoms with Crippen LogP contribution >= 0.6 is 35.6 Å². The summed E-state index contributed by atoms with van der Waals surface area (Å²) in [5.74, 6) is 0.0196. The number of carbonyl (C=O) groups excluding carboxylic acids is 1. The fraction of sp³-hybridized carbons (Fsp3) is 0.381. The maximum absolute atomic E-state index is 12.3. The summed E-state index contributed by atoms with van der Waals surface area (Å²) in [7, 11) is 2.02. The second-order valence-corrected chi connectivity index (χ2v) is 8.51. The standard InChI is InChI=1S/C21H25Cl2N3O4.ClH/c1-26-8-17(16-6-14(22)7-19(23)18(16)9-26)13-3-2-4-15(5-13)24-20(30)25-21(10-27,11-28)12-29;/h2-7,17,27-29H,8-12H2,1H3,(H2,24,25,30);1H. The molecule has 1 aliphatic rings. The van der Waals surface area contributed by atoms with Gasteiger partial charge in [-0.3, -0.25) is 0 Å². The third-order valence-electron chi connectivity index (χ3n) is 5.33. The van der Waals surface area contributed by atoms with Crippen molar-refractivity contribution in [2.45, 2.75) is 18.0 Å². The highest BCUT2D eigenvalue weighted by atomic mass is 35.5. The number of amides is 2. The Bertz CT molecular complexity index is 916. The van der Waals surface area contributed by atoms with E-state index in [0.29, 0.717) is 15.7 Å². The number of hydrogen-bond donors (Lipinski definition) is 5. The van der Waals surface area contributed by atoms with Gasteiger partial charge in [-0.1, -0.05) is 35.3 Å². The van der Waals surface area contributed by atoms with Gasteiger partial charge in [0.05, 0.1) is 19.8 Å². The minimum absolute atomic E-state index is 0. The summed E-state index contributed by atoms with van der Waals surface area (Å²) in [5.41, 5.74) is 2.12. The minimum atomic E-state index is -1.50. The van der Waals surface area contributed by atoms with Crippen molar-refractivity contribution in [1.82, 2.24) is 10.2 Å². The third kappa shape index (κ3) is 5.81. The van der Waals surface area contributed by atoms with E-state index in [-0.39, 0.29) is 18.3 Å². The second kappa shape index (κ2) is 10.8. The van der Waals surface area contributed by atoms with Gasteiger partial charge in [0, 0.05) is 34.7 Å². The Morgan fingerprint density at radius 3 is 2.48 bits per heavy atom. The number of fused-ring (bicyclic) bond motifs is 1. The van der Waals surface area contributed by atoms with Gasteiger partial charge in [0.25, 0.3) is 0 Å². The first-order valence-electron chi connectivity index (χ1n) is 9.49. The number of nitrogens with zero attached hydrogens (tertiary/aromatic N) is 1. The summed E-state index contributed by atoms with van der Waals surface area (Å²) in [5, 5.41) is 34.5. The number of nitrogens with one attached hydrogen (secondary N) is 2. The van der Waals surface area contributed by atoms with Crippen LogP contribution in [-0.4, -0.2) is 65.2 Å². The molecule has 170 valence electrons. The lowest BCUT2D eigenvalue weighted by atomic mass is 9.84. The number of likely N-dealkylation sites (N-methyl/N-ethyl adjacent to an activating group) is 1. The average Bonchev–Trinajstić information content (AvgIpc) is 2.72. The van der Waals surface area contributed by atoms with Gasteiger partial charge in [0.1, 0.15) is 5.54 Å². The summed E-state index contributed by atoms with van der Waals surface area (Å²) < 4.78 is 0. The van der Waals surface area contributed by atoms with Gasteiger partial charge in [0.15, 0.2) is 0 Å². The molecule has 0 fully saturated rings. The number of urea groups is 1. The van der Waals surface area contributed by atoms with E-state index in [9.17, 15) is 20.1 Å². The first-order valence-corrected chi connectivity index (χ1v) is 10.2. The third-order valence-corrected chi connectivity index (χ3v) is 5.88. The number of anilines is 1. The zero-order valence-electron chi connectivity index (χ0n) is 16.9. The molecule has 1 aliphatic heterocycles. The summed E-state index contributed by atoms with van der Waals surface area (Å²) >= 11 is 12.7. The molecule has 10 heteroatoms. The molecule has 0 spiro atoms. The quantitative estimate of drug-likeness (QED) is 0.428. The molecular formula is C21H26Cl3N3O4. The van der Waals surface area contributed by atoms with Crippen LogP contribution in [0.3, 0.4) is 0 Å². The first-order chi connectivity index (χ1) is 14.3. The molecule has 2 aromatic rings. The predicted octanol–water partition coefficient (Wildman–Crippen LogP) is 2.83. The van der Waals surface area contributed by atoms with Crippen LogP contribution in [0.1, 0.15) is 22.6 Å². The van der Waals surface area contributed by atoms with E-state index in [0.717, 1.165) is 29.8 Å². The molecule has 2 amide bonds. The Hall–Kier alpha value is -1.58. The molecular weight excluding hydrogens is 465 g/mol. The zero-order chi connectivity index (χ0) is 21.9. The van der Waals surface area contributed by atoms with Crippen molar-refractivity contribution in [2.75, 3.05) is 38.7 Å². The lowest BCUT2D eigenvalue weighted by Gasteiger charge is -2.33. The Morgan fingerprint density at radius 2 is 1.84 bits per heavy atom. The van der Waals surface area contributed by atoms with Crippen LogP contribution in [0.5, 0.6) is 0 Å². The number of aliphatic hydroxyl groups is 3. The van der Waals surface area contributed by atoms with Gasteiger partial charge >= 0.3 is 6.03 Å². The average molecular weight is 491 g/mol. The molecule has 0 radical (unpaired) electrons. The number of benzene rings is 2. The Kier molecular flexibility index (Phi) is 8.97. The highest BCUT2D eigenvalue weighted by Gasteiger charge is 2.30. The molecule has 2 aromatic carbocycles. The molecule has 0 aliphatic carbocycles. The molecule has 3 rings (SSSR count). The molecule has 1 unspecified atom stereocenters. The highest BCUT2D eigenvalue weighted by molar-refractivity contribution is 6.35. The lowest BCUT2D eigenvalue weighted by Crippen LogP contribution is -2.58. The molecule has 5 N–H and O–H groups in total. The summed E-state index contributed by atoms with van der Waals surface area (Å²) in [6.07, 6.45) is 0. The molecule has 0 saturated carbocycles. The molecule has 1 atom stereocenters. The van der Waals surface area contributed by atoms with E-state index in [4.69, 9.17) is 23.2 Å². The van der Waals surface area contributed by atoms with Crippen LogP contribution < -0.4 is 10.6 Å². The Balaban J connectivity index is 0.00000341. The van der Waals surface area contributed by atoms with Gasteiger partial charge in [-0.2, -0.15) is 0 Å². The number of halogens is 3. The van der Waals surface area contributed by atoms with E-state index in [2.05, 4.69) is 15.5 Å². The van der Waals surface area contributed by atoms with E-state index in [1.54, 1.807) is 12.1 Å². The van der Waals surface area contributed by atoms with Crippen molar-refractivity contribution < 1.29 is 20.1 Å². The smallest absolute Gasteiger partial charge is 0.319 e. The molecule has 0 bridgehead atoms. The number of aliphatic hydroxyl groups excluding tert-OH is 3. The topological polar surface area (TPSA) is 105 Å². The van der Waals surface area contributed by atoms with E-state index < -0.39 is 31.4 Å². The van der Waals surface area contributed by atoms with Gasteiger partial charge < -0.3 is 30.9 Å². The van der Waals surface area contributed by atoms with Gasteiger partial charge in [0.2, 0.25) is 0 Å². The summed E-state index contributed by atoms with van der Waals surface area (Å²) in [4.78, 5) is 14.5. The van der Waals surface area contributed by atoms with Gasteiger partial charge in [-0.05, 0) is 48.0 Å². The lowest BCUT2D eigenvalue weighted by molar-refractivity contribution is 0.0507. The van der Waals surface area contributed by atoms with Crippen LogP contribution in [0.2, 0.25) is 10.0 Å². The molecule has 0 aromatic heterocycles. The van der Waals surface area contributed by atoms with Gasteiger partial charge in [-0.25, -0.2) is 4.79 Å². The Morgan fingerprint density at radius 1 is 1.16 bits per heavy atom. The van der Waals surface area contributed by atoms with E-state index >= 15 is 0 Å². The fourth-order valence-corrected chi connectivity index (χ4v) is 4.20. The summed E-state index contributed by atoms with van der Waals surface area (Å²) in [6.45, 7) is -0.295. The second-order valence-electron chi connectivity index (χ2n) is 7.66. The number of carbonyl (C=O) groups is 1. The van der Waals surface area contributed by atoms with Crippen LogP contribution in [-0.2, 0) is 6.54 Å². The molecule has 31 heavy (non-hydrogen) atoms.